The highest BCUT2D eigenvalue weighted by atomic mass is 35.5. The SMILES string of the molecule is COc1ncc(Cl)nc1-c1ccccc1. The summed E-state index contributed by atoms with van der Waals surface area (Å²) >= 11 is 5.79. The second-order valence-corrected chi connectivity index (χ2v) is 3.30. The third kappa shape index (κ3) is 2.07. The summed E-state index contributed by atoms with van der Waals surface area (Å²) in [6.07, 6.45) is 1.47. The van der Waals surface area contributed by atoms with Gasteiger partial charge in [0.25, 0.3) is 0 Å². The van der Waals surface area contributed by atoms with E-state index in [1.165, 1.54) is 6.20 Å². The lowest BCUT2D eigenvalue weighted by atomic mass is 10.1. The summed E-state index contributed by atoms with van der Waals surface area (Å²) in [6.45, 7) is 0. The number of hydrogen-bond acceptors (Lipinski definition) is 3. The summed E-state index contributed by atoms with van der Waals surface area (Å²) in [7, 11) is 1.56. The van der Waals surface area contributed by atoms with Crippen molar-refractivity contribution in [3.05, 3.63) is 41.7 Å². The zero-order chi connectivity index (χ0) is 10.7. The fourth-order valence-corrected chi connectivity index (χ4v) is 1.42. The molecule has 0 radical (unpaired) electrons. The van der Waals surface area contributed by atoms with Gasteiger partial charge >= 0.3 is 0 Å². The zero-order valence-corrected chi connectivity index (χ0v) is 8.90. The number of ether oxygens (including phenoxy) is 1. The van der Waals surface area contributed by atoms with Crippen molar-refractivity contribution in [3.63, 3.8) is 0 Å². The van der Waals surface area contributed by atoms with Crippen molar-refractivity contribution in [2.45, 2.75) is 0 Å². The molecular formula is C11H9ClN2O. The van der Waals surface area contributed by atoms with Gasteiger partial charge in [-0.2, -0.15) is 0 Å². The van der Waals surface area contributed by atoms with Crippen LogP contribution in [0.1, 0.15) is 0 Å². The smallest absolute Gasteiger partial charge is 0.240 e. The first-order chi connectivity index (χ1) is 7.31. The second kappa shape index (κ2) is 4.28. The summed E-state index contributed by atoms with van der Waals surface area (Å²) in [6, 6.07) is 9.66. The molecule has 0 aliphatic heterocycles. The van der Waals surface area contributed by atoms with Gasteiger partial charge in [0.1, 0.15) is 10.8 Å². The van der Waals surface area contributed by atoms with Crippen molar-refractivity contribution in [2.24, 2.45) is 0 Å². The lowest BCUT2D eigenvalue weighted by Gasteiger charge is -2.06. The predicted octanol–water partition coefficient (Wildman–Crippen LogP) is 2.81. The standard InChI is InChI=1S/C11H9ClN2O/c1-15-11-10(14-9(12)7-13-11)8-5-3-2-4-6-8/h2-7H,1H3. The van der Waals surface area contributed by atoms with E-state index < -0.39 is 0 Å². The Hall–Kier alpha value is -1.61. The van der Waals surface area contributed by atoms with E-state index in [2.05, 4.69) is 9.97 Å². The Morgan fingerprint density at radius 3 is 2.60 bits per heavy atom. The highest BCUT2D eigenvalue weighted by molar-refractivity contribution is 6.29. The lowest BCUT2D eigenvalue weighted by Crippen LogP contribution is -1.94. The topological polar surface area (TPSA) is 35.0 Å². The van der Waals surface area contributed by atoms with Crippen molar-refractivity contribution >= 4 is 11.6 Å². The molecule has 0 spiro atoms. The molecule has 0 saturated carbocycles. The zero-order valence-electron chi connectivity index (χ0n) is 8.14. The van der Waals surface area contributed by atoms with Crippen LogP contribution in [0.15, 0.2) is 36.5 Å². The Balaban J connectivity index is 2.56. The number of rotatable bonds is 2. The number of benzene rings is 1. The van der Waals surface area contributed by atoms with Gasteiger partial charge in [0.15, 0.2) is 0 Å². The Bertz CT molecular complexity index is 459. The van der Waals surface area contributed by atoms with Gasteiger partial charge in [0.05, 0.1) is 13.3 Å². The van der Waals surface area contributed by atoms with E-state index in [4.69, 9.17) is 16.3 Å². The molecule has 1 aromatic carbocycles. The maximum atomic E-state index is 5.79. The van der Waals surface area contributed by atoms with Crippen LogP contribution in [0.4, 0.5) is 0 Å². The molecule has 15 heavy (non-hydrogen) atoms. The average molecular weight is 221 g/mol. The molecule has 0 aliphatic carbocycles. The largest absolute Gasteiger partial charge is 0.479 e. The number of halogens is 1. The summed E-state index contributed by atoms with van der Waals surface area (Å²) in [5, 5.41) is 0.356. The van der Waals surface area contributed by atoms with Gasteiger partial charge in [0.2, 0.25) is 5.88 Å². The molecule has 0 N–H and O–H groups in total. The molecule has 3 nitrogen and oxygen atoms in total. The van der Waals surface area contributed by atoms with E-state index in [1.54, 1.807) is 7.11 Å². The van der Waals surface area contributed by atoms with E-state index in [9.17, 15) is 0 Å². The van der Waals surface area contributed by atoms with Crippen LogP contribution in [0.2, 0.25) is 5.15 Å². The summed E-state index contributed by atoms with van der Waals surface area (Å²) in [4.78, 5) is 8.25. The van der Waals surface area contributed by atoms with Gasteiger partial charge in [-0.05, 0) is 0 Å². The molecule has 0 aliphatic rings. The maximum Gasteiger partial charge on any atom is 0.240 e. The molecule has 2 rings (SSSR count). The molecule has 0 bridgehead atoms. The van der Waals surface area contributed by atoms with Crippen LogP contribution in [0, 0.1) is 0 Å². The third-order valence-corrected chi connectivity index (χ3v) is 2.13. The minimum atomic E-state index is 0.356. The molecule has 1 heterocycles. The number of hydrogen-bond donors (Lipinski definition) is 0. The fourth-order valence-electron chi connectivity index (χ4n) is 1.29. The fraction of sp³-hybridized carbons (Fsp3) is 0.0909. The molecule has 0 atom stereocenters. The van der Waals surface area contributed by atoms with Crippen LogP contribution in [0.3, 0.4) is 0 Å². The lowest BCUT2D eigenvalue weighted by molar-refractivity contribution is 0.398. The van der Waals surface area contributed by atoms with E-state index >= 15 is 0 Å². The summed E-state index contributed by atoms with van der Waals surface area (Å²) in [5.74, 6) is 0.477. The van der Waals surface area contributed by atoms with Crippen molar-refractivity contribution in [2.75, 3.05) is 7.11 Å². The van der Waals surface area contributed by atoms with Gasteiger partial charge in [-0.15, -0.1) is 0 Å². The molecule has 2 aromatic rings. The van der Waals surface area contributed by atoms with Crippen molar-refractivity contribution < 1.29 is 4.74 Å². The first kappa shape index (κ1) is 9.93. The van der Waals surface area contributed by atoms with Crippen LogP contribution in [0.5, 0.6) is 5.88 Å². The van der Waals surface area contributed by atoms with Crippen LogP contribution < -0.4 is 4.74 Å². The molecule has 4 heteroatoms. The Labute approximate surface area is 92.7 Å². The van der Waals surface area contributed by atoms with Gasteiger partial charge in [-0.3, -0.25) is 0 Å². The highest BCUT2D eigenvalue weighted by Crippen LogP contribution is 2.26. The van der Waals surface area contributed by atoms with E-state index in [-0.39, 0.29) is 0 Å². The first-order valence-corrected chi connectivity index (χ1v) is 4.81. The molecule has 1 aromatic heterocycles. The minimum absolute atomic E-state index is 0.356. The number of aromatic nitrogens is 2. The van der Waals surface area contributed by atoms with E-state index in [0.29, 0.717) is 16.7 Å². The summed E-state index contributed by atoms with van der Waals surface area (Å²) in [5.41, 5.74) is 1.59. The Morgan fingerprint density at radius 2 is 1.93 bits per heavy atom. The van der Waals surface area contributed by atoms with E-state index in [0.717, 1.165) is 5.56 Å². The van der Waals surface area contributed by atoms with Crippen molar-refractivity contribution in [1.82, 2.24) is 9.97 Å². The Morgan fingerprint density at radius 1 is 1.20 bits per heavy atom. The molecule has 0 amide bonds. The minimum Gasteiger partial charge on any atom is -0.479 e. The van der Waals surface area contributed by atoms with Crippen LogP contribution in [-0.2, 0) is 0 Å². The van der Waals surface area contributed by atoms with Crippen molar-refractivity contribution in [3.8, 4) is 17.1 Å². The van der Waals surface area contributed by atoms with Crippen molar-refractivity contribution in [1.29, 1.82) is 0 Å². The van der Waals surface area contributed by atoms with Crippen LogP contribution >= 0.6 is 11.6 Å². The molecular weight excluding hydrogens is 212 g/mol. The predicted molar refractivity (Wildman–Crippen MR) is 59.0 cm³/mol. The van der Waals surface area contributed by atoms with Gasteiger partial charge in [-0.1, -0.05) is 41.9 Å². The molecule has 0 saturated heterocycles. The quantitative estimate of drug-likeness (QED) is 0.781. The first-order valence-electron chi connectivity index (χ1n) is 4.43. The van der Waals surface area contributed by atoms with E-state index in [1.807, 2.05) is 30.3 Å². The maximum absolute atomic E-state index is 5.79. The third-order valence-electron chi connectivity index (χ3n) is 1.95. The van der Waals surface area contributed by atoms with Gasteiger partial charge in [0, 0.05) is 5.56 Å². The van der Waals surface area contributed by atoms with Crippen LogP contribution in [-0.4, -0.2) is 17.1 Å². The normalized spacial score (nSPS) is 10.0. The molecule has 0 fully saturated rings. The average Bonchev–Trinajstić information content (AvgIpc) is 2.30. The number of methoxy groups -OCH3 is 1. The van der Waals surface area contributed by atoms with Crippen LogP contribution in [0.25, 0.3) is 11.3 Å². The summed E-state index contributed by atoms with van der Waals surface area (Å²) < 4.78 is 5.12. The monoisotopic (exact) mass is 220 g/mol. The van der Waals surface area contributed by atoms with Gasteiger partial charge in [-0.25, -0.2) is 9.97 Å². The molecule has 0 unspecified atom stereocenters. The number of nitrogens with zero attached hydrogens (tertiary/aromatic N) is 2. The van der Waals surface area contributed by atoms with Gasteiger partial charge < -0.3 is 4.74 Å². The molecule has 76 valence electrons. The second-order valence-electron chi connectivity index (χ2n) is 2.92. The highest BCUT2D eigenvalue weighted by Gasteiger charge is 2.08. The Kier molecular flexibility index (Phi) is 2.83.